The fourth-order valence-electron chi connectivity index (χ4n) is 1.99. The van der Waals surface area contributed by atoms with Crippen molar-refractivity contribution in [2.24, 2.45) is 0 Å². The maximum absolute atomic E-state index is 5.98. The Labute approximate surface area is 126 Å². The van der Waals surface area contributed by atoms with Crippen molar-refractivity contribution in [3.63, 3.8) is 0 Å². The summed E-state index contributed by atoms with van der Waals surface area (Å²) in [7, 11) is 0. The molecule has 2 heterocycles. The van der Waals surface area contributed by atoms with Gasteiger partial charge >= 0.3 is 0 Å². The number of aromatic nitrogens is 3. The predicted octanol–water partition coefficient (Wildman–Crippen LogP) is 2.37. The molecule has 0 spiro atoms. The minimum absolute atomic E-state index is 0.306. The molecule has 2 N–H and O–H groups in total. The van der Waals surface area contributed by atoms with Crippen LogP contribution in [-0.4, -0.2) is 26.3 Å². The zero-order chi connectivity index (χ0) is 13.9. The van der Waals surface area contributed by atoms with Gasteiger partial charge in [0.25, 0.3) is 0 Å². The first-order valence-electron chi connectivity index (χ1n) is 6.19. The van der Waals surface area contributed by atoms with E-state index in [1.807, 2.05) is 18.2 Å². The molecule has 3 rings (SSSR count). The molecule has 1 saturated carbocycles. The van der Waals surface area contributed by atoms with E-state index < -0.39 is 0 Å². The molecule has 2 unspecified atom stereocenters. The lowest BCUT2D eigenvalue weighted by molar-refractivity contribution is 0.858. The van der Waals surface area contributed by atoms with E-state index in [9.17, 15) is 0 Å². The Morgan fingerprint density at radius 3 is 2.95 bits per heavy atom. The summed E-state index contributed by atoms with van der Waals surface area (Å²) < 4.78 is 0. The van der Waals surface area contributed by atoms with Crippen molar-refractivity contribution in [3.8, 4) is 0 Å². The van der Waals surface area contributed by atoms with E-state index in [2.05, 4.69) is 25.8 Å². The van der Waals surface area contributed by atoms with E-state index in [1.54, 1.807) is 12.3 Å². The molecule has 2 aromatic rings. The average Bonchev–Trinajstić information content (AvgIpc) is 3.21. The van der Waals surface area contributed by atoms with E-state index in [0.29, 0.717) is 27.9 Å². The summed E-state index contributed by atoms with van der Waals surface area (Å²) >= 11 is 11.2. The molecule has 0 aliphatic heterocycles. The molecule has 1 aliphatic rings. The molecule has 102 valence electrons. The Morgan fingerprint density at radius 1 is 1.30 bits per heavy atom. The van der Waals surface area contributed by atoms with Crippen LogP contribution in [0.15, 0.2) is 36.7 Å². The molecule has 2 atom stereocenters. The van der Waals surface area contributed by atoms with Gasteiger partial charge in [-0.1, -0.05) is 17.7 Å². The van der Waals surface area contributed by atoms with Crippen LogP contribution in [0.5, 0.6) is 0 Å². The van der Waals surface area contributed by atoms with E-state index in [-0.39, 0.29) is 0 Å². The van der Waals surface area contributed by atoms with Gasteiger partial charge in [-0.25, -0.2) is 0 Å². The highest BCUT2D eigenvalue weighted by atomic mass is 35.5. The van der Waals surface area contributed by atoms with Gasteiger partial charge in [0.15, 0.2) is 10.9 Å². The van der Waals surface area contributed by atoms with E-state index in [1.165, 1.54) is 6.20 Å². The number of rotatable bonds is 3. The Hall–Kier alpha value is -1.79. The van der Waals surface area contributed by atoms with Gasteiger partial charge in [-0.3, -0.25) is 4.98 Å². The zero-order valence-electron chi connectivity index (χ0n) is 10.5. The fourth-order valence-corrected chi connectivity index (χ4v) is 2.38. The van der Waals surface area contributed by atoms with Crippen LogP contribution in [0.4, 0.5) is 5.82 Å². The van der Waals surface area contributed by atoms with Crippen LogP contribution in [0, 0.1) is 0 Å². The summed E-state index contributed by atoms with van der Waals surface area (Å²) in [5.41, 5.74) is 1.09. The lowest BCUT2D eigenvalue weighted by atomic mass is 10.2. The molecule has 5 nitrogen and oxygen atoms in total. The van der Waals surface area contributed by atoms with Crippen LogP contribution in [0.25, 0.3) is 0 Å². The Morgan fingerprint density at radius 2 is 2.20 bits per heavy atom. The van der Waals surface area contributed by atoms with Crippen LogP contribution < -0.4 is 10.6 Å². The van der Waals surface area contributed by atoms with E-state index in [4.69, 9.17) is 23.8 Å². The second kappa shape index (κ2) is 5.68. The largest absolute Gasteiger partial charge is 0.359 e. The molecule has 0 aromatic carbocycles. The van der Waals surface area contributed by atoms with Gasteiger partial charge in [0.2, 0.25) is 0 Å². The minimum atomic E-state index is 0.306. The summed E-state index contributed by atoms with van der Waals surface area (Å²) in [5.74, 6) is 0.870. The molecule has 0 saturated heterocycles. The van der Waals surface area contributed by atoms with Crippen molar-refractivity contribution in [2.75, 3.05) is 5.32 Å². The van der Waals surface area contributed by atoms with Crippen molar-refractivity contribution in [2.45, 2.75) is 18.4 Å². The number of halogens is 1. The molecule has 2 aromatic heterocycles. The Kier molecular flexibility index (Phi) is 3.75. The molecular weight excluding hydrogens is 294 g/mol. The van der Waals surface area contributed by atoms with Crippen molar-refractivity contribution in [1.82, 2.24) is 20.5 Å². The Bertz CT molecular complexity index is 621. The smallest absolute Gasteiger partial charge is 0.173 e. The summed E-state index contributed by atoms with van der Waals surface area (Å²) in [6.07, 6.45) is 4.36. The maximum Gasteiger partial charge on any atom is 0.173 e. The van der Waals surface area contributed by atoms with Gasteiger partial charge in [0, 0.05) is 23.9 Å². The molecule has 1 fully saturated rings. The zero-order valence-corrected chi connectivity index (χ0v) is 12.0. The van der Waals surface area contributed by atoms with Gasteiger partial charge in [0.05, 0.1) is 11.2 Å². The molecular formula is C13H12ClN5S. The van der Waals surface area contributed by atoms with Crippen LogP contribution in [0.3, 0.4) is 0 Å². The van der Waals surface area contributed by atoms with Gasteiger partial charge in [-0.05, 0) is 36.8 Å². The minimum Gasteiger partial charge on any atom is -0.359 e. The van der Waals surface area contributed by atoms with Crippen molar-refractivity contribution in [3.05, 3.63) is 47.4 Å². The summed E-state index contributed by atoms with van der Waals surface area (Å²) in [5, 5.41) is 14.8. The number of hydrogen-bond acceptors (Lipinski definition) is 4. The first-order valence-corrected chi connectivity index (χ1v) is 6.98. The SMILES string of the molecule is S=C(Nc1nnccc1Cl)NC1CC1c1ccccn1. The van der Waals surface area contributed by atoms with Crippen LogP contribution in [-0.2, 0) is 0 Å². The number of thiocarbonyl (C=S) groups is 1. The van der Waals surface area contributed by atoms with Gasteiger partial charge < -0.3 is 10.6 Å². The molecule has 1 aliphatic carbocycles. The molecule has 7 heteroatoms. The number of pyridine rings is 1. The lowest BCUT2D eigenvalue weighted by Gasteiger charge is -2.09. The molecule has 0 bridgehead atoms. The summed E-state index contributed by atoms with van der Waals surface area (Å²) in [4.78, 5) is 4.35. The maximum atomic E-state index is 5.98. The van der Waals surface area contributed by atoms with Gasteiger partial charge in [-0.2, -0.15) is 5.10 Å². The first kappa shape index (κ1) is 13.2. The van der Waals surface area contributed by atoms with Crippen molar-refractivity contribution in [1.29, 1.82) is 0 Å². The van der Waals surface area contributed by atoms with E-state index in [0.717, 1.165) is 12.1 Å². The van der Waals surface area contributed by atoms with Crippen molar-refractivity contribution < 1.29 is 0 Å². The highest BCUT2D eigenvalue weighted by Gasteiger charge is 2.39. The summed E-state index contributed by atoms with van der Waals surface area (Å²) in [6.45, 7) is 0. The Balaban J connectivity index is 1.55. The topological polar surface area (TPSA) is 62.7 Å². The van der Waals surface area contributed by atoms with Crippen LogP contribution >= 0.6 is 23.8 Å². The highest BCUT2D eigenvalue weighted by molar-refractivity contribution is 7.80. The predicted molar refractivity (Wildman–Crippen MR) is 81.8 cm³/mol. The quantitative estimate of drug-likeness (QED) is 0.849. The van der Waals surface area contributed by atoms with Crippen LogP contribution in [0.1, 0.15) is 18.0 Å². The normalized spacial score (nSPS) is 20.2. The third kappa shape index (κ3) is 3.02. The summed E-state index contributed by atoms with van der Waals surface area (Å²) in [6, 6.07) is 7.90. The molecule has 0 amide bonds. The second-order valence-electron chi connectivity index (χ2n) is 4.53. The monoisotopic (exact) mass is 305 g/mol. The molecule has 0 radical (unpaired) electrons. The third-order valence-corrected chi connectivity index (χ3v) is 3.60. The third-order valence-electron chi connectivity index (χ3n) is 3.08. The number of hydrogen-bond donors (Lipinski definition) is 2. The van der Waals surface area contributed by atoms with Crippen molar-refractivity contribution >= 4 is 34.7 Å². The number of nitrogens with zero attached hydrogens (tertiary/aromatic N) is 3. The highest BCUT2D eigenvalue weighted by Crippen LogP contribution is 2.39. The van der Waals surface area contributed by atoms with E-state index >= 15 is 0 Å². The average molecular weight is 306 g/mol. The fraction of sp³-hybridized carbons (Fsp3) is 0.231. The van der Waals surface area contributed by atoms with Gasteiger partial charge in [0.1, 0.15) is 0 Å². The number of anilines is 1. The molecule has 20 heavy (non-hydrogen) atoms. The second-order valence-corrected chi connectivity index (χ2v) is 5.34. The van der Waals surface area contributed by atoms with Gasteiger partial charge in [-0.15, -0.1) is 5.10 Å². The standard InChI is InChI=1S/C13H12ClN5S/c14-9-4-6-16-19-12(9)18-13(20)17-11-7-8(11)10-3-1-2-5-15-10/h1-6,8,11H,7H2,(H2,17,18,19,20). The lowest BCUT2D eigenvalue weighted by Crippen LogP contribution is -2.31. The first-order chi connectivity index (χ1) is 9.74. The van der Waals surface area contributed by atoms with Crippen LogP contribution in [0.2, 0.25) is 5.02 Å². The number of nitrogens with one attached hydrogen (secondary N) is 2.